The first-order valence-corrected chi connectivity index (χ1v) is 26.3. The predicted molar refractivity (Wildman–Crippen MR) is 317 cm³/mol. The van der Waals surface area contributed by atoms with Crippen molar-refractivity contribution in [3.63, 3.8) is 0 Å². The third kappa shape index (κ3) is 6.05. The fourth-order valence-corrected chi connectivity index (χ4v) is 13.3. The lowest BCUT2D eigenvalue weighted by Crippen LogP contribution is -2.33. The van der Waals surface area contributed by atoms with E-state index in [0.29, 0.717) is 0 Å². The average Bonchev–Trinajstić information content (AvgIpc) is 4.20. The summed E-state index contributed by atoms with van der Waals surface area (Å²) in [6.45, 7) is 0. The van der Waals surface area contributed by atoms with E-state index in [0.717, 1.165) is 39.4 Å². The maximum Gasteiger partial charge on any atom is 0.0755 e. The Hall–Kier alpha value is -9.96. The molecule has 2 aromatic heterocycles. The Balaban J connectivity index is 0.928. The number of benzene rings is 12. The van der Waals surface area contributed by atoms with Crippen LogP contribution in [0.15, 0.2) is 285 Å². The molecule has 3 heteroatoms. The topological polar surface area (TPSA) is 13.1 Å². The van der Waals surface area contributed by atoms with Gasteiger partial charge < -0.3 is 14.0 Å². The fourth-order valence-electron chi connectivity index (χ4n) is 13.3. The van der Waals surface area contributed by atoms with Gasteiger partial charge in [-0.05, 0) is 140 Å². The van der Waals surface area contributed by atoms with E-state index in [1.165, 1.54) is 99.4 Å². The first-order valence-electron chi connectivity index (χ1n) is 26.3. The summed E-state index contributed by atoms with van der Waals surface area (Å²) >= 11 is 0. The zero-order chi connectivity index (χ0) is 49.9. The number of anilines is 3. The van der Waals surface area contributed by atoms with Gasteiger partial charge in [0.15, 0.2) is 0 Å². The highest BCUT2D eigenvalue weighted by Crippen LogP contribution is 2.62. The maximum atomic E-state index is 2.55. The molecule has 0 unspecified atom stereocenters. The molecule has 1 spiro atoms. The van der Waals surface area contributed by atoms with Gasteiger partial charge in [0.25, 0.3) is 0 Å². The second-order valence-corrected chi connectivity index (χ2v) is 20.4. The van der Waals surface area contributed by atoms with Crippen molar-refractivity contribution in [3.8, 4) is 55.9 Å². The minimum Gasteiger partial charge on any atom is -0.310 e. The van der Waals surface area contributed by atoms with Crippen molar-refractivity contribution >= 4 is 60.7 Å². The molecular weight excluding hydrogens is 919 g/mol. The van der Waals surface area contributed by atoms with Crippen LogP contribution >= 0.6 is 0 Å². The molecular formula is C73H47N3. The number of hydrogen-bond acceptors (Lipinski definition) is 1. The maximum absolute atomic E-state index is 2.55. The van der Waals surface area contributed by atoms with Crippen LogP contribution in [0.4, 0.5) is 17.1 Å². The third-order valence-electron chi connectivity index (χ3n) is 16.5. The molecule has 0 bridgehead atoms. The van der Waals surface area contributed by atoms with E-state index in [-0.39, 0.29) is 0 Å². The smallest absolute Gasteiger partial charge is 0.0755 e. The first kappa shape index (κ1) is 42.5. The van der Waals surface area contributed by atoms with Crippen LogP contribution in [0.3, 0.4) is 0 Å². The quantitative estimate of drug-likeness (QED) is 0.155. The largest absolute Gasteiger partial charge is 0.310 e. The normalized spacial score (nSPS) is 12.8. The number of fused-ring (bicyclic) bond motifs is 15. The molecule has 14 aromatic rings. The van der Waals surface area contributed by atoms with E-state index < -0.39 is 5.41 Å². The second kappa shape index (κ2) is 16.5. The summed E-state index contributed by atoms with van der Waals surface area (Å²) in [6.07, 6.45) is 0. The van der Waals surface area contributed by atoms with Crippen LogP contribution in [-0.2, 0) is 5.41 Å². The number of hydrogen-bond donors (Lipinski definition) is 0. The average molecular weight is 966 g/mol. The van der Waals surface area contributed by atoms with Gasteiger partial charge in [-0.25, -0.2) is 0 Å². The molecule has 2 aliphatic rings. The monoisotopic (exact) mass is 965 g/mol. The van der Waals surface area contributed by atoms with Crippen LogP contribution in [0, 0.1) is 0 Å². The van der Waals surface area contributed by atoms with Crippen LogP contribution < -0.4 is 4.90 Å². The van der Waals surface area contributed by atoms with Crippen molar-refractivity contribution in [1.29, 1.82) is 0 Å². The lowest BCUT2D eigenvalue weighted by atomic mass is 9.65. The van der Waals surface area contributed by atoms with Crippen LogP contribution in [0.2, 0.25) is 0 Å². The van der Waals surface area contributed by atoms with Gasteiger partial charge >= 0.3 is 0 Å². The van der Waals surface area contributed by atoms with Crippen molar-refractivity contribution in [3.05, 3.63) is 307 Å². The molecule has 0 atom stereocenters. The molecule has 0 amide bonds. The van der Waals surface area contributed by atoms with E-state index in [9.17, 15) is 0 Å². The Morgan fingerprint density at radius 1 is 0.276 bits per heavy atom. The molecule has 12 aromatic carbocycles. The molecule has 3 nitrogen and oxygen atoms in total. The Bertz CT molecular complexity index is 4590. The van der Waals surface area contributed by atoms with E-state index in [1.807, 2.05) is 0 Å². The Kier molecular flexibility index (Phi) is 9.25. The van der Waals surface area contributed by atoms with Crippen molar-refractivity contribution in [2.75, 3.05) is 4.90 Å². The predicted octanol–water partition coefficient (Wildman–Crippen LogP) is 19.0. The molecule has 16 rings (SSSR count). The number of para-hydroxylation sites is 5. The van der Waals surface area contributed by atoms with E-state index in [4.69, 9.17) is 0 Å². The minimum atomic E-state index is -0.593. The van der Waals surface area contributed by atoms with Gasteiger partial charge in [-0.2, -0.15) is 0 Å². The number of nitrogens with zero attached hydrogens (tertiary/aromatic N) is 3. The van der Waals surface area contributed by atoms with Gasteiger partial charge in [-0.15, -0.1) is 0 Å². The van der Waals surface area contributed by atoms with Gasteiger partial charge in [0, 0.05) is 44.2 Å². The lowest BCUT2D eigenvalue weighted by molar-refractivity contribution is 0.748. The van der Waals surface area contributed by atoms with Crippen LogP contribution in [0.5, 0.6) is 0 Å². The van der Waals surface area contributed by atoms with Crippen molar-refractivity contribution in [2.24, 2.45) is 0 Å². The number of rotatable bonds is 7. The van der Waals surface area contributed by atoms with E-state index in [2.05, 4.69) is 299 Å². The molecule has 0 fully saturated rings. The number of aromatic nitrogens is 2. The summed E-state index contributed by atoms with van der Waals surface area (Å²) < 4.78 is 4.93. The molecule has 76 heavy (non-hydrogen) atoms. The zero-order valence-corrected chi connectivity index (χ0v) is 41.5. The van der Waals surface area contributed by atoms with Crippen molar-refractivity contribution in [1.82, 2.24) is 9.13 Å². The third-order valence-corrected chi connectivity index (χ3v) is 16.5. The summed E-state index contributed by atoms with van der Waals surface area (Å²) in [4.78, 5) is 2.50. The SMILES string of the molecule is c1ccc(-c2cccc(-c3ccccc3N(c3ccc(-c4ccc5c(c4)c4ccccc4n5-c4ccccc4)cc3)c3ccc4c(c3)C3(c5ccccc5-c5ccccc53)c3cccc5c6ccccc6n-4c35)c2)cc1. The Labute approximate surface area is 441 Å². The molecule has 1 aliphatic heterocycles. The van der Waals surface area contributed by atoms with Gasteiger partial charge in [0.2, 0.25) is 0 Å². The Morgan fingerprint density at radius 3 is 1.55 bits per heavy atom. The second-order valence-electron chi connectivity index (χ2n) is 20.4. The summed E-state index contributed by atoms with van der Waals surface area (Å²) in [6, 6.07) is 106. The minimum absolute atomic E-state index is 0.593. The molecule has 3 heterocycles. The van der Waals surface area contributed by atoms with E-state index >= 15 is 0 Å². The van der Waals surface area contributed by atoms with E-state index in [1.54, 1.807) is 0 Å². The zero-order valence-electron chi connectivity index (χ0n) is 41.5. The fraction of sp³-hybridized carbons (Fsp3) is 0.0137. The van der Waals surface area contributed by atoms with Crippen LogP contribution in [-0.4, -0.2) is 9.13 Å². The summed E-state index contributed by atoms with van der Waals surface area (Å²) in [5.74, 6) is 0. The molecule has 0 N–H and O–H groups in total. The standard InChI is InChI=1S/C73H47N3/c1-3-19-48(20-4-1)50-21-17-22-52(45-50)56-25-9-14-34-67(56)74(54-40-37-49(38-41-54)51-39-43-70-62(46-51)60-29-11-15-35-68(60)75(70)53-23-5-2-6-24-53)55-42-44-71-66(47-55)73(63-31-12-7-26-57(63)58-27-8-13-32-64(58)73)65-33-18-30-61-59-28-10-16-36-69(59)76(71)72(61)65/h1-47H. The van der Waals surface area contributed by atoms with Crippen LogP contribution in [0.25, 0.3) is 99.5 Å². The molecule has 0 saturated heterocycles. The molecule has 0 radical (unpaired) electrons. The molecule has 0 saturated carbocycles. The van der Waals surface area contributed by atoms with Gasteiger partial charge in [-0.1, -0.05) is 206 Å². The summed E-state index contributed by atoms with van der Waals surface area (Å²) in [7, 11) is 0. The summed E-state index contributed by atoms with van der Waals surface area (Å²) in [5.41, 5.74) is 24.7. The molecule has 1 aliphatic carbocycles. The highest BCUT2D eigenvalue weighted by atomic mass is 15.1. The molecule has 354 valence electrons. The highest BCUT2D eigenvalue weighted by molar-refractivity contribution is 6.13. The lowest BCUT2D eigenvalue weighted by Gasteiger charge is -2.40. The van der Waals surface area contributed by atoms with Gasteiger partial charge in [0.1, 0.15) is 0 Å². The Morgan fingerprint density at radius 2 is 0.789 bits per heavy atom. The van der Waals surface area contributed by atoms with Crippen molar-refractivity contribution < 1.29 is 0 Å². The van der Waals surface area contributed by atoms with Crippen molar-refractivity contribution in [2.45, 2.75) is 5.41 Å². The van der Waals surface area contributed by atoms with Gasteiger partial charge in [-0.3, -0.25) is 0 Å². The van der Waals surface area contributed by atoms with Gasteiger partial charge in [0.05, 0.1) is 38.9 Å². The van der Waals surface area contributed by atoms with Crippen LogP contribution in [0.1, 0.15) is 22.3 Å². The highest BCUT2D eigenvalue weighted by Gasteiger charge is 2.51. The summed E-state index contributed by atoms with van der Waals surface area (Å²) in [5, 5.41) is 5.02. The first-order chi connectivity index (χ1) is 37.7.